The van der Waals surface area contributed by atoms with Crippen molar-refractivity contribution in [3.05, 3.63) is 90.0 Å². The number of hydrogen-bond acceptors (Lipinski definition) is 0. The Balaban J connectivity index is 2.02. The molecule has 0 aliphatic carbocycles. The molecule has 1 N–H and O–H groups in total. The Kier molecular flexibility index (Phi) is 2.83. The van der Waals surface area contributed by atoms with Gasteiger partial charge in [0.2, 0.25) is 0 Å². The second-order valence-electron chi connectivity index (χ2n) is 7.64. The van der Waals surface area contributed by atoms with Crippen LogP contribution in [0, 0.1) is 0 Å². The molecule has 3 aromatic heterocycles. The normalized spacial score (nSPS) is 12.3. The highest BCUT2D eigenvalue weighted by Gasteiger charge is 2.18. The lowest BCUT2D eigenvalue weighted by atomic mass is 10.0. The SMILES string of the molecule is Clc1ccc2c3[nH]c4cccc5c6ccccc6c6ccccc6n(c2c1)c3c45. The van der Waals surface area contributed by atoms with Crippen molar-refractivity contribution in [3.8, 4) is 0 Å². The van der Waals surface area contributed by atoms with Crippen LogP contribution in [-0.2, 0) is 0 Å². The second kappa shape index (κ2) is 5.31. The number of aromatic nitrogens is 2. The highest BCUT2D eigenvalue weighted by atomic mass is 35.5. The summed E-state index contributed by atoms with van der Waals surface area (Å²) in [5.74, 6) is 0. The molecule has 4 aromatic carbocycles. The van der Waals surface area contributed by atoms with Crippen LogP contribution in [0.4, 0.5) is 0 Å². The zero-order chi connectivity index (χ0) is 19.1. The van der Waals surface area contributed by atoms with Gasteiger partial charge < -0.3 is 9.38 Å². The number of benzene rings is 4. The fourth-order valence-electron chi connectivity index (χ4n) is 4.99. The fourth-order valence-corrected chi connectivity index (χ4v) is 5.16. The number of fused-ring (bicyclic) bond motifs is 8. The average Bonchev–Trinajstić information content (AvgIpc) is 3.26. The Bertz CT molecular complexity index is 1770. The van der Waals surface area contributed by atoms with Crippen LogP contribution in [0.15, 0.2) is 84.9 Å². The summed E-state index contributed by atoms with van der Waals surface area (Å²) in [6.45, 7) is 0. The van der Waals surface area contributed by atoms with E-state index in [0.29, 0.717) is 0 Å². The van der Waals surface area contributed by atoms with E-state index in [9.17, 15) is 0 Å². The van der Waals surface area contributed by atoms with Gasteiger partial charge in [-0.3, -0.25) is 0 Å². The molecule has 0 spiro atoms. The third-order valence-corrected chi connectivity index (χ3v) is 6.38. The Morgan fingerprint density at radius 2 is 1.34 bits per heavy atom. The van der Waals surface area contributed by atoms with E-state index in [1.54, 1.807) is 0 Å². The molecule has 0 aliphatic heterocycles. The first-order valence-corrected chi connectivity index (χ1v) is 10.1. The van der Waals surface area contributed by atoms with Crippen LogP contribution in [0.5, 0.6) is 0 Å². The molecule has 0 saturated carbocycles. The van der Waals surface area contributed by atoms with Gasteiger partial charge in [0.15, 0.2) is 0 Å². The molecule has 136 valence electrons. The van der Waals surface area contributed by atoms with Gasteiger partial charge in [0.25, 0.3) is 0 Å². The Labute approximate surface area is 170 Å². The molecule has 7 rings (SSSR count). The van der Waals surface area contributed by atoms with Gasteiger partial charge in [0.1, 0.15) is 0 Å². The van der Waals surface area contributed by atoms with E-state index in [1.807, 2.05) is 6.07 Å². The van der Waals surface area contributed by atoms with E-state index in [-0.39, 0.29) is 0 Å². The lowest BCUT2D eigenvalue weighted by molar-refractivity contribution is 1.36. The van der Waals surface area contributed by atoms with Crippen molar-refractivity contribution in [2.75, 3.05) is 0 Å². The minimum atomic E-state index is 0.748. The molecular weight excluding hydrogens is 376 g/mol. The summed E-state index contributed by atoms with van der Waals surface area (Å²) in [5, 5.41) is 8.20. The quantitative estimate of drug-likeness (QED) is 0.274. The number of para-hydroxylation sites is 1. The van der Waals surface area contributed by atoms with Crippen molar-refractivity contribution in [1.82, 2.24) is 9.38 Å². The van der Waals surface area contributed by atoms with Crippen molar-refractivity contribution in [2.45, 2.75) is 0 Å². The molecule has 3 heterocycles. The van der Waals surface area contributed by atoms with Gasteiger partial charge in [-0.15, -0.1) is 0 Å². The van der Waals surface area contributed by atoms with Gasteiger partial charge in [0, 0.05) is 26.7 Å². The molecule has 0 radical (unpaired) electrons. The van der Waals surface area contributed by atoms with Crippen LogP contribution < -0.4 is 0 Å². The number of aromatic amines is 1. The van der Waals surface area contributed by atoms with Crippen LogP contribution in [0.3, 0.4) is 0 Å². The summed E-state index contributed by atoms with van der Waals surface area (Å²) in [7, 11) is 0. The fraction of sp³-hybridized carbons (Fsp3) is 0. The summed E-state index contributed by atoms with van der Waals surface area (Å²) < 4.78 is 2.38. The largest absolute Gasteiger partial charge is 0.353 e. The molecule has 0 atom stereocenters. The summed E-state index contributed by atoms with van der Waals surface area (Å²) in [6, 6.07) is 30.1. The van der Waals surface area contributed by atoms with Gasteiger partial charge >= 0.3 is 0 Å². The highest BCUT2D eigenvalue weighted by Crippen LogP contribution is 2.41. The lowest BCUT2D eigenvalue weighted by Crippen LogP contribution is -1.88. The molecule has 3 heteroatoms. The van der Waals surface area contributed by atoms with E-state index in [0.717, 1.165) is 21.6 Å². The molecular formula is C26H15ClN2. The number of nitrogens with zero attached hydrogens (tertiary/aromatic N) is 1. The zero-order valence-electron chi connectivity index (χ0n) is 15.4. The minimum absolute atomic E-state index is 0.748. The van der Waals surface area contributed by atoms with E-state index in [1.165, 1.54) is 43.4 Å². The first-order valence-electron chi connectivity index (χ1n) is 9.75. The highest BCUT2D eigenvalue weighted by molar-refractivity contribution is 6.33. The van der Waals surface area contributed by atoms with Crippen molar-refractivity contribution < 1.29 is 0 Å². The maximum Gasteiger partial charge on any atom is 0.0804 e. The molecule has 0 bridgehead atoms. The molecule has 7 aromatic rings. The second-order valence-corrected chi connectivity index (χ2v) is 8.07. The van der Waals surface area contributed by atoms with E-state index in [4.69, 9.17) is 11.6 Å². The summed E-state index contributed by atoms with van der Waals surface area (Å²) in [6.07, 6.45) is 0. The smallest absolute Gasteiger partial charge is 0.0804 e. The van der Waals surface area contributed by atoms with Gasteiger partial charge in [-0.2, -0.15) is 0 Å². The number of hydrogen-bond donors (Lipinski definition) is 1. The topological polar surface area (TPSA) is 20.2 Å². The predicted molar refractivity (Wildman–Crippen MR) is 124 cm³/mol. The number of H-pyrrole nitrogens is 1. The first kappa shape index (κ1) is 15.4. The molecule has 0 amide bonds. The van der Waals surface area contributed by atoms with E-state index in [2.05, 4.69) is 88.2 Å². The molecule has 29 heavy (non-hydrogen) atoms. The first-order chi connectivity index (χ1) is 14.3. The summed E-state index contributed by atoms with van der Waals surface area (Å²) in [4.78, 5) is 3.70. The lowest BCUT2D eigenvalue weighted by Gasteiger charge is -2.09. The standard InChI is InChI=1S/C26H15ClN2/c27-15-12-13-20-23(14-15)29-22-11-4-3-8-18(22)16-6-1-2-7-17(16)19-9-5-10-21-24(19)26(29)25(20)28-21/h1-14,28H. The maximum atomic E-state index is 6.43. The minimum Gasteiger partial charge on any atom is -0.353 e. The van der Waals surface area contributed by atoms with Gasteiger partial charge in [-0.1, -0.05) is 66.2 Å². The van der Waals surface area contributed by atoms with Crippen LogP contribution in [0.25, 0.3) is 59.9 Å². The Hall–Kier alpha value is -3.49. The van der Waals surface area contributed by atoms with Crippen LogP contribution in [-0.4, -0.2) is 9.38 Å². The van der Waals surface area contributed by atoms with Crippen LogP contribution >= 0.6 is 11.6 Å². The van der Waals surface area contributed by atoms with Gasteiger partial charge in [-0.05, 0) is 46.5 Å². The van der Waals surface area contributed by atoms with Gasteiger partial charge in [0.05, 0.1) is 22.1 Å². The third kappa shape index (κ3) is 1.87. The summed E-state index contributed by atoms with van der Waals surface area (Å²) in [5.41, 5.74) is 5.84. The Morgan fingerprint density at radius 1 is 0.621 bits per heavy atom. The van der Waals surface area contributed by atoms with Crippen LogP contribution in [0.1, 0.15) is 0 Å². The third-order valence-electron chi connectivity index (χ3n) is 6.14. The molecule has 0 fully saturated rings. The Morgan fingerprint density at radius 3 is 2.21 bits per heavy atom. The molecule has 0 saturated heterocycles. The molecule has 0 aliphatic rings. The number of halogens is 1. The predicted octanol–water partition coefficient (Wildman–Crippen LogP) is 7.69. The monoisotopic (exact) mass is 390 g/mol. The summed E-state index contributed by atoms with van der Waals surface area (Å²) >= 11 is 6.43. The maximum absolute atomic E-state index is 6.43. The van der Waals surface area contributed by atoms with Crippen LogP contribution in [0.2, 0.25) is 5.02 Å². The molecule has 2 nitrogen and oxygen atoms in total. The zero-order valence-corrected chi connectivity index (χ0v) is 16.2. The van der Waals surface area contributed by atoms with E-state index < -0.39 is 0 Å². The van der Waals surface area contributed by atoms with Crippen molar-refractivity contribution >= 4 is 71.5 Å². The van der Waals surface area contributed by atoms with Gasteiger partial charge in [-0.25, -0.2) is 0 Å². The molecule has 0 unspecified atom stereocenters. The number of nitrogens with one attached hydrogen (secondary N) is 1. The average molecular weight is 391 g/mol. The van der Waals surface area contributed by atoms with Crippen molar-refractivity contribution in [3.63, 3.8) is 0 Å². The van der Waals surface area contributed by atoms with Crippen molar-refractivity contribution in [2.24, 2.45) is 0 Å². The van der Waals surface area contributed by atoms with Crippen molar-refractivity contribution in [1.29, 1.82) is 0 Å². The number of rotatable bonds is 0. The van der Waals surface area contributed by atoms with E-state index >= 15 is 0 Å².